The molecule has 0 heterocycles. The number of unbranched alkanes of at least 4 members (excludes halogenated alkanes) is 17. The third kappa shape index (κ3) is 57.0. The largest absolute Gasteiger partial charge is 0.396 e. The Labute approximate surface area is 237 Å². The Morgan fingerprint density at radius 2 is 0.784 bits per heavy atom. The molecule has 0 aliphatic rings. The van der Waals surface area contributed by atoms with E-state index in [1.54, 1.807) is 0 Å². The minimum Gasteiger partial charge on any atom is -0.396 e. The van der Waals surface area contributed by atoms with Gasteiger partial charge in [-0.25, -0.2) is 0 Å². The molecule has 0 rings (SSSR count). The highest BCUT2D eigenvalue weighted by atomic mass is 16.3. The summed E-state index contributed by atoms with van der Waals surface area (Å²) in [6, 6.07) is 0. The van der Waals surface area contributed by atoms with Gasteiger partial charge >= 0.3 is 0 Å². The molecule has 0 aromatic carbocycles. The zero-order chi connectivity index (χ0) is 29.5. The van der Waals surface area contributed by atoms with Gasteiger partial charge in [0, 0.05) is 6.61 Å². The maximum Gasteiger partial charge on any atom is 0.0620 e. The average molecular weight is 535 g/mol. The lowest BCUT2D eigenvalue weighted by Crippen LogP contribution is -2.24. The highest BCUT2D eigenvalue weighted by molar-refractivity contribution is 4.71. The van der Waals surface area contributed by atoms with Crippen molar-refractivity contribution < 1.29 is 10.2 Å². The third-order valence-electron chi connectivity index (χ3n) is 6.22. The van der Waals surface area contributed by atoms with Crippen LogP contribution >= 0.6 is 0 Å². The molecule has 0 fully saturated rings. The van der Waals surface area contributed by atoms with Crippen molar-refractivity contribution in [2.45, 2.75) is 195 Å². The predicted molar refractivity (Wildman–Crippen MR) is 172 cm³/mol. The van der Waals surface area contributed by atoms with E-state index in [2.05, 4.69) is 19.6 Å². The molecule has 0 aromatic rings. The van der Waals surface area contributed by atoms with Crippen molar-refractivity contribution in [3.63, 3.8) is 0 Å². The van der Waals surface area contributed by atoms with Gasteiger partial charge in [-0.05, 0) is 46.2 Å². The van der Waals surface area contributed by atoms with Gasteiger partial charge in [0.05, 0.1) is 5.60 Å². The molecule has 6 N–H and O–H groups in total. The molecular formula is C33H78N2O2. The number of hydrogen-bond acceptors (Lipinski definition) is 4. The Bertz CT molecular complexity index is 295. The monoisotopic (exact) mass is 535 g/mol. The highest BCUT2D eigenvalue weighted by Gasteiger charge is 2.17. The Kier molecular flexibility index (Phi) is 61.6. The van der Waals surface area contributed by atoms with Crippen molar-refractivity contribution in [3.05, 3.63) is 0 Å². The van der Waals surface area contributed by atoms with Crippen LogP contribution in [0.4, 0.5) is 0 Å². The SMILES string of the molecule is CC.CC.CCCC(C)(O)CCCN.CCCCCCCCCCCCCCCCCCCCO.CN. The second kappa shape index (κ2) is 48.9. The predicted octanol–water partition coefficient (Wildman–Crippen LogP) is 9.92. The molecular weight excluding hydrogens is 456 g/mol. The fourth-order valence-corrected chi connectivity index (χ4v) is 4.16. The van der Waals surface area contributed by atoms with E-state index in [-0.39, 0.29) is 0 Å². The smallest absolute Gasteiger partial charge is 0.0620 e. The molecule has 0 saturated carbocycles. The standard InChI is InChI=1S/C20H42O.C8H19NO.2C2H6.CH5N/c1-2-3-4-5-6-7-8-9-10-11-12-13-14-15-16-17-18-19-20-21;1-3-5-8(2,10)6-4-7-9;3*1-2/h21H,2-20H2,1H3;10H,3-7,9H2,1-2H3;2*1-2H3;2H2,1H3. The fraction of sp³-hybridized carbons (Fsp3) is 1.00. The van der Waals surface area contributed by atoms with E-state index < -0.39 is 5.60 Å². The van der Waals surface area contributed by atoms with Gasteiger partial charge in [-0.3, -0.25) is 0 Å². The first-order chi connectivity index (χ1) is 18.0. The van der Waals surface area contributed by atoms with Gasteiger partial charge < -0.3 is 21.7 Å². The lowest BCUT2D eigenvalue weighted by Gasteiger charge is -2.21. The Morgan fingerprint density at radius 3 is 1.03 bits per heavy atom. The van der Waals surface area contributed by atoms with E-state index in [9.17, 15) is 5.11 Å². The van der Waals surface area contributed by atoms with Crippen LogP contribution in [-0.4, -0.2) is 36.0 Å². The maximum atomic E-state index is 9.59. The average Bonchev–Trinajstić information content (AvgIpc) is 2.93. The second-order valence-corrected chi connectivity index (χ2v) is 9.87. The molecule has 1 unspecified atom stereocenters. The molecule has 4 nitrogen and oxygen atoms in total. The van der Waals surface area contributed by atoms with E-state index in [0.717, 1.165) is 32.1 Å². The summed E-state index contributed by atoms with van der Waals surface area (Å²) >= 11 is 0. The molecule has 0 aliphatic carbocycles. The van der Waals surface area contributed by atoms with Crippen LogP contribution < -0.4 is 11.5 Å². The zero-order valence-electron chi connectivity index (χ0n) is 27.5. The van der Waals surface area contributed by atoms with Crippen molar-refractivity contribution in [1.82, 2.24) is 0 Å². The normalized spacial score (nSPS) is 11.4. The van der Waals surface area contributed by atoms with Gasteiger partial charge in [0.25, 0.3) is 0 Å². The van der Waals surface area contributed by atoms with E-state index >= 15 is 0 Å². The molecule has 0 spiro atoms. The van der Waals surface area contributed by atoms with Crippen LogP contribution in [-0.2, 0) is 0 Å². The van der Waals surface area contributed by atoms with Crippen LogP contribution in [0.2, 0.25) is 0 Å². The maximum absolute atomic E-state index is 9.59. The van der Waals surface area contributed by atoms with E-state index in [0.29, 0.717) is 13.2 Å². The van der Waals surface area contributed by atoms with E-state index in [4.69, 9.17) is 10.8 Å². The van der Waals surface area contributed by atoms with E-state index in [1.807, 2.05) is 34.6 Å². The summed E-state index contributed by atoms with van der Waals surface area (Å²) in [5.74, 6) is 0. The molecule has 0 radical (unpaired) electrons. The summed E-state index contributed by atoms with van der Waals surface area (Å²) in [4.78, 5) is 0. The second-order valence-electron chi connectivity index (χ2n) is 9.87. The van der Waals surface area contributed by atoms with Gasteiger partial charge in [-0.1, -0.05) is 157 Å². The minimum absolute atomic E-state index is 0.374. The third-order valence-corrected chi connectivity index (χ3v) is 6.22. The van der Waals surface area contributed by atoms with Gasteiger partial charge in [0.2, 0.25) is 0 Å². The summed E-state index contributed by atoms with van der Waals surface area (Å²) < 4.78 is 0. The Morgan fingerprint density at radius 1 is 0.486 bits per heavy atom. The van der Waals surface area contributed by atoms with Crippen LogP contribution in [0.1, 0.15) is 190 Å². The first-order valence-corrected chi connectivity index (χ1v) is 16.6. The summed E-state index contributed by atoms with van der Waals surface area (Å²) in [6.45, 7) is 15.3. The molecule has 0 aliphatic heterocycles. The fourth-order valence-electron chi connectivity index (χ4n) is 4.16. The molecule has 0 bridgehead atoms. The highest BCUT2D eigenvalue weighted by Crippen LogP contribution is 2.17. The summed E-state index contributed by atoms with van der Waals surface area (Å²) in [5, 5.41) is 18.3. The topological polar surface area (TPSA) is 92.5 Å². The van der Waals surface area contributed by atoms with Crippen LogP contribution in [0.3, 0.4) is 0 Å². The van der Waals surface area contributed by atoms with Crippen LogP contribution in [0, 0.1) is 0 Å². The molecule has 4 heteroatoms. The molecule has 232 valence electrons. The van der Waals surface area contributed by atoms with E-state index in [1.165, 1.54) is 116 Å². The number of hydrogen-bond donors (Lipinski definition) is 4. The Hall–Kier alpha value is -0.160. The number of aliphatic hydroxyl groups is 2. The van der Waals surface area contributed by atoms with Crippen molar-refractivity contribution >= 4 is 0 Å². The quantitative estimate of drug-likeness (QED) is 0.0981. The molecule has 37 heavy (non-hydrogen) atoms. The first kappa shape index (κ1) is 46.7. The lowest BCUT2D eigenvalue weighted by atomic mass is 9.95. The number of nitrogens with two attached hydrogens (primary N) is 2. The molecule has 0 aromatic heterocycles. The van der Waals surface area contributed by atoms with Gasteiger partial charge in [-0.15, -0.1) is 0 Å². The van der Waals surface area contributed by atoms with Crippen molar-refractivity contribution in [2.75, 3.05) is 20.2 Å². The Balaban J connectivity index is -0.000000178. The van der Waals surface area contributed by atoms with Crippen molar-refractivity contribution in [1.29, 1.82) is 0 Å². The van der Waals surface area contributed by atoms with Crippen LogP contribution in [0.25, 0.3) is 0 Å². The summed E-state index contributed by atoms with van der Waals surface area (Å²) in [6.07, 6.45) is 28.8. The molecule has 0 amide bonds. The molecule has 0 saturated heterocycles. The van der Waals surface area contributed by atoms with Crippen molar-refractivity contribution in [3.8, 4) is 0 Å². The van der Waals surface area contributed by atoms with Crippen LogP contribution in [0.15, 0.2) is 0 Å². The van der Waals surface area contributed by atoms with Crippen molar-refractivity contribution in [2.24, 2.45) is 11.5 Å². The molecule has 1 atom stereocenters. The number of aliphatic hydroxyl groups excluding tert-OH is 1. The van der Waals surface area contributed by atoms with Gasteiger partial charge in [0.1, 0.15) is 0 Å². The van der Waals surface area contributed by atoms with Gasteiger partial charge in [-0.2, -0.15) is 0 Å². The first-order valence-electron chi connectivity index (χ1n) is 16.6. The number of rotatable bonds is 23. The minimum atomic E-state index is -0.478. The van der Waals surface area contributed by atoms with Crippen LogP contribution in [0.5, 0.6) is 0 Å². The lowest BCUT2D eigenvalue weighted by molar-refractivity contribution is 0.0399. The van der Waals surface area contributed by atoms with Gasteiger partial charge in [0.15, 0.2) is 0 Å². The zero-order valence-corrected chi connectivity index (χ0v) is 27.5. The summed E-state index contributed by atoms with van der Waals surface area (Å²) in [7, 11) is 1.50. The summed E-state index contributed by atoms with van der Waals surface area (Å²) in [5.41, 5.74) is 9.34.